The molecule has 37 heavy (non-hydrogen) atoms. The van der Waals surface area contributed by atoms with Crippen molar-refractivity contribution in [3.05, 3.63) is 80.0 Å². The molecule has 0 aliphatic rings. The molecular weight excluding hydrogens is 583 g/mol. The van der Waals surface area contributed by atoms with Crippen molar-refractivity contribution in [3.8, 4) is 6.07 Å². The van der Waals surface area contributed by atoms with Crippen LogP contribution < -0.4 is 0 Å². The van der Waals surface area contributed by atoms with Gasteiger partial charge in [0.05, 0.1) is 12.6 Å². The fourth-order valence-corrected chi connectivity index (χ4v) is 2.16. The van der Waals surface area contributed by atoms with E-state index in [0.29, 0.717) is 26.4 Å². The Kier molecular flexibility index (Phi) is 22.3. The summed E-state index contributed by atoms with van der Waals surface area (Å²) >= 11 is 6.34. The zero-order chi connectivity index (χ0) is 29.0. The number of furan rings is 2. The first kappa shape index (κ1) is 37.3. The minimum atomic E-state index is -0.593. The predicted octanol–water partition coefficient (Wildman–Crippen LogP) is 2.23. The molecule has 0 unspecified atom stereocenters. The zero-order valence-electron chi connectivity index (χ0n) is 20.3. The fourth-order valence-electron chi connectivity index (χ4n) is 1.52. The molecule has 2 aromatic rings. The van der Waals surface area contributed by atoms with Crippen LogP contribution in [0.2, 0.25) is 0 Å². The normalized spacial score (nSPS) is 10.1. The molecule has 18 heteroatoms. The highest BCUT2D eigenvalue weighted by Crippen LogP contribution is 2.17. The van der Waals surface area contributed by atoms with Crippen LogP contribution in [0.4, 0.5) is 0 Å². The lowest BCUT2D eigenvalue weighted by atomic mass is 8.81. The van der Waals surface area contributed by atoms with Crippen LogP contribution >= 0.6 is 31.9 Å². The Labute approximate surface area is 247 Å². The molecule has 0 saturated heterocycles. The summed E-state index contributed by atoms with van der Waals surface area (Å²) in [5.74, 6) is 1.35. The van der Waals surface area contributed by atoms with Crippen LogP contribution in [-0.2, 0) is 4.79 Å². The minimum Gasteiger partial charge on any atom is -0.450 e. The first-order valence-corrected chi connectivity index (χ1v) is 11.8. The van der Waals surface area contributed by atoms with E-state index in [4.69, 9.17) is 74.8 Å². The summed E-state index contributed by atoms with van der Waals surface area (Å²) in [5.41, 5.74) is 0.719. The number of hydrogen-bond acceptors (Lipinski definition) is 4. The van der Waals surface area contributed by atoms with E-state index in [0.717, 1.165) is 0 Å². The molecule has 15 radical (unpaired) electrons. The molecular formula is C19H14B11Br2N2O3. The van der Waals surface area contributed by atoms with Gasteiger partial charge in [-0.2, -0.15) is 0 Å². The summed E-state index contributed by atoms with van der Waals surface area (Å²) in [6.07, 6.45) is 4.84. The Morgan fingerprint density at radius 2 is 1.38 bits per heavy atom. The number of ketones is 1. The van der Waals surface area contributed by atoms with Crippen molar-refractivity contribution < 1.29 is 13.6 Å². The average molecular weight is 597 g/mol. The van der Waals surface area contributed by atoms with Crippen molar-refractivity contribution in [2.45, 2.75) is 13.8 Å². The monoisotopic (exact) mass is 597 g/mol. The van der Waals surface area contributed by atoms with Gasteiger partial charge in [0.2, 0.25) is 0 Å². The lowest BCUT2D eigenvalue weighted by molar-refractivity contribution is -0.112. The van der Waals surface area contributed by atoms with Gasteiger partial charge in [0.1, 0.15) is 11.5 Å². The van der Waals surface area contributed by atoms with E-state index in [1.54, 1.807) is 49.4 Å². The molecule has 2 rings (SSSR count). The van der Waals surface area contributed by atoms with Crippen LogP contribution in [-0.4, -0.2) is 86.2 Å². The fraction of sp³-hybridized carbons (Fsp3) is 0.105. The van der Waals surface area contributed by atoms with Crippen LogP contribution in [0.1, 0.15) is 25.4 Å². The van der Waals surface area contributed by atoms with Crippen LogP contribution in [0, 0.1) is 17.9 Å². The smallest absolute Gasteiger partial charge is 0.264 e. The molecule has 0 saturated carbocycles. The van der Waals surface area contributed by atoms with Crippen molar-refractivity contribution >= 4 is 130 Å². The number of hydrogen-bond donors (Lipinski definition) is 0. The van der Waals surface area contributed by atoms with Gasteiger partial charge in [-0.25, -0.2) is 10.1 Å². The van der Waals surface area contributed by atoms with Gasteiger partial charge >= 0.3 is 0 Å². The molecule has 165 valence electrons. The lowest BCUT2D eigenvalue weighted by Gasteiger charge is -2.00. The summed E-state index contributed by atoms with van der Waals surface area (Å²) in [5, 5.41) is 8.61. The second kappa shape index (κ2) is 22.1. The molecule has 2 heterocycles. The van der Waals surface area contributed by atoms with Gasteiger partial charge in [-0.05, 0) is 93.8 Å². The van der Waals surface area contributed by atoms with E-state index in [1.807, 2.05) is 6.07 Å². The molecule has 0 aromatic carbocycles. The Hall–Kier alpha value is -1.90. The van der Waals surface area contributed by atoms with E-state index < -0.39 is 19.2 Å². The van der Waals surface area contributed by atoms with Gasteiger partial charge in [0, 0.05) is 80.4 Å². The molecule has 0 atom stereocenters. The minimum absolute atomic E-state index is 0.0116. The lowest BCUT2D eigenvalue weighted by Crippen LogP contribution is -2.38. The summed E-state index contributed by atoms with van der Waals surface area (Å²) in [4.78, 5) is 13.6. The van der Waals surface area contributed by atoms with Gasteiger partial charge in [0.15, 0.2) is 15.1 Å². The molecule has 0 spiro atoms. The highest BCUT2D eigenvalue weighted by Gasteiger charge is 2.01. The van der Waals surface area contributed by atoms with Crippen LogP contribution in [0.25, 0.3) is 17.0 Å². The van der Waals surface area contributed by atoms with Crippen LogP contribution in [0.3, 0.4) is 0 Å². The Morgan fingerprint density at radius 3 is 1.62 bits per heavy atom. The Morgan fingerprint density at radius 1 is 0.973 bits per heavy atom. The number of allylic oxidation sites excluding steroid dienone is 4. The molecule has 0 aliphatic heterocycles. The first-order chi connectivity index (χ1) is 17.3. The molecule has 0 fully saturated rings. The maximum atomic E-state index is 10.5. The molecule has 2 aromatic heterocycles. The summed E-state index contributed by atoms with van der Waals surface area (Å²) in [6, 6.07) is 8.95. The molecule has 5 nitrogen and oxygen atoms in total. The summed E-state index contributed by atoms with van der Waals surface area (Å²) in [6.45, 7) is 9.97. The van der Waals surface area contributed by atoms with Crippen LogP contribution in [0.5, 0.6) is 0 Å². The van der Waals surface area contributed by atoms with Gasteiger partial charge < -0.3 is 8.83 Å². The molecule has 0 aliphatic carbocycles. The van der Waals surface area contributed by atoms with Crippen LogP contribution in [0.15, 0.2) is 65.9 Å². The SMILES string of the molecule is CC(=O)/C=C/c1ccc(Br)o1.[B]B([B])B([B])[B].[B][B]B([B])[B].[C-]#[N+]/C(C#N)=C(C)\C=C\c1ccc(Br)o1. The van der Waals surface area contributed by atoms with E-state index in [9.17, 15) is 4.79 Å². The number of halogens is 2. The third kappa shape index (κ3) is 21.9. The Bertz CT molecular complexity index is 1100. The zero-order valence-corrected chi connectivity index (χ0v) is 23.5. The second-order valence-electron chi connectivity index (χ2n) is 6.74. The van der Waals surface area contributed by atoms with Crippen molar-refractivity contribution in [2.75, 3.05) is 0 Å². The quantitative estimate of drug-likeness (QED) is 0.169. The third-order valence-electron chi connectivity index (χ3n) is 3.43. The van der Waals surface area contributed by atoms with Crippen molar-refractivity contribution in [2.24, 2.45) is 0 Å². The van der Waals surface area contributed by atoms with E-state index >= 15 is 0 Å². The molecule has 0 bridgehead atoms. The van der Waals surface area contributed by atoms with Crippen molar-refractivity contribution in [1.29, 1.82) is 5.26 Å². The van der Waals surface area contributed by atoms with E-state index in [1.165, 1.54) is 20.1 Å². The van der Waals surface area contributed by atoms with Gasteiger partial charge in [0.25, 0.3) is 5.70 Å². The van der Waals surface area contributed by atoms with Gasteiger partial charge in [-0.1, -0.05) is 6.08 Å². The summed E-state index contributed by atoms with van der Waals surface area (Å²) in [7, 11) is 35.6. The maximum Gasteiger partial charge on any atom is 0.264 e. The number of carbonyl (C=O) groups excluding carboxylic acids is 1. The Balaban J connectivity index is 0. The highest BCUT2D eigenvalue weighted by atomic mass is 79.9. The number of rotatable bonds is 6. The standard InChI is InChI=1S/C11H7BrN2O.C8H7BrO2.B6.B5/c1-8(10(7-13)14-2)3-4-9-5-6-11(12)15-9;1-6(10)2-3-7-4-5-8(9)11-7;1-5(2)6(3)4;1-4-5(2)3/h3-6H,1H3;2-5H,1H3;;/b4-3+,10-8-;3-2+;;. The first-order valence-electron chi connectivity index (χ1n) is 10.2. The number of nitrogens with zero attached hydrogens (tertiary/aromatic N) is 2. The van der Waals surface area contributed by atoms with E-state index in [-0.39, 0.29) is 11.5 Å². The second-order valence-corrected chi connectivity index (χ2v) is 8.30. The molecule has 0 N–H and O–H groups in total. The summed E-state index contributed by atoms with van der Waals surface area (Å²) < 4.78 is 11.7. The largest absolute Gasteiger partial charge is 0.450 e. The number of nitriles is 1. The maximum absolute atomic E-state index is 10.5. The average Bonchev–Trinajstić information content (AvgIpc) is 3.45. The van der Waals surface area contributed by atoms with Crippen molar-refractivity contribution in [1.82, 2.24) is 0 Å². The third-order valence-corrected chi connectivity index (χ3v) is 4.28. The molecule has 0 amide bonds. The van der Waals surface area contributed by atoms with E-state index in [2.05, 4.69) is 36.7 Å². The van der Waals surface area contributed by atoms with Gasteiger partial charge in [-0.15, -0.1) is 0 Å². The predicted molar refractivity (Wildman–Crippen MR) is 170 cm³/mol. The number of carbonyl (C=O) groups is 1. The highest BCUT2D eigenvalue weighted by molar-refractivity contribution is 9.10. The van der Waals surface area contributed by atoms with Gasteiger partial charge in [-0.3, -0.25) is 4.79 Å². The van der Waals surface area contributed by atoms with Crippen molar-refractivity contribution in [3.63, 3.8) is 0 Å². The topological polar surface area (TPSA) is 71.5 Å².